The van der Waals surface area contributed by atoms with E-state index in [0.29, 0.717) is 29.9 Å². The molecule has 8 heteroatoms. The van der Waals surface area contributed by atoms with E-state index in [1.165, 1.54) is 0 Å². The summed E-state index contributed by atoms with van der Waals surface area (Å²) >= 11 is 0. The number of aliphatic hydroxyl groups excluding tert-OH is 1. The highest BCUT2D eigenvalue weighted by Gasteiger charge is 2.51. The average Bonchev–Trinajstić information content (AvgIpc) is 3.39. The van der Waals surface area contributed by atoms with Gasteiger partial charge in [0.2, 0.25) is 5.91 Å². The molecule has 33 heavy (non-hydrogen) atoms. The van der Waals surface area contributed by atoms with E-state index >= 15 is 0 Å². The quantitative estimate of drug-likeness (QED) is 0.697. The van der Waals surface area contributed by atoms with Gasteiger partial charge in [-0.1, -0.05) is 6.07 Å². The Morgan fingerprint density at radius 2 is 1.79 bits per heavy atom. The molecule has 5 rings (SSSR count). The molecule has 8 nitrogen and oxygen atoms in total. The van der Waals surface area contributed by atoms with E-state index in [4.69, 9.17) is 9.47 Å². The summed E-state index contributed by atoms with van der Waals surface area (Å²) < 4.78 is 10.4. The summed E-state index contributed by atoms with van der Waals surface area (Å²) in [7, 11) is 0. The molecular formula is C25H30N2O6. The van der Waals surface area contributed by atoms with Crippen LogP contribution < -0.4 is 0 Å². The van der Waals surface area contributed by atoms with Crippen LogP contribution in [-0.2, 0) is 25.7 Å². The highest BCUT2D eigenvalue weighted by molar-refractivity contribution is 5.95. The molecule has 4 aliphatic heterocycles. The van der Waals surface area contributed by atoms with Crippen LogP contribution in [0.1, 0.15) is 66.3 Å². The minimum Gasteiger partial charge on any atom is -0.457 e. The molecule has 1 spiro atoms. The number of carbonyl (C=O) groups is 3. The summed E-state index contributed by atoms with van der Waals surface area (Å²) in [5.74, 6) is -0.547. The largest absolute Gasteiger partial charge is 0.457 e. The van der Waals surface area contributed by atoms with Gasteiger partial charge in [-0.3, -0.25) is 4.79 Å². The molecule has 0 saturated carbocycles. The van der Waals surface area contributed by atoms with Gasteiger partial charge >= 0.3 is 11.9 Å². The molecule has 2 unspecified atom stereocenters. The number of β-amino-alcohol motifs (C(OH)–C–C–N with tert-alkyl or cyclic N) is 1. The van der Waals surface area contributed by atoms with Gasteiger partial charge in [0.1, 0.15) is 12.7 Å². The van der Waals surface area contributed by atoms with E-state index in [-0.39, 0.29) is 30.6 Å². The molecule has 0 radical (unpaired) electrons. The van der Waals surface area contributed by atoms with Crippen LogP contribution in [0.5, 0.6) is 0 Å². The van der Waals surface area contributed by atoms with Crippen molar-refractivity contribution in [2.75, 3.05) is 26.2 Å². The first kappa shape index (κ1) is 22.1. The molecule has 176 valence electrons. The van der Waals surface area contributed by atoms with E-state index in [9.17, 15) is 19.5 Å². The second kappa shape index (κ2) is 7.95. The number of amides is 1. The van der Waals surface area contributed by atoms with Crippen molar-refractivity contribution in [3.8, 4) is 0 Å². The number of cyclic esters (lactones) is 2. The maximum absolute atomic E-state index is 13.4. The third-order valence-electron chi connectivity index (χ3n) is 7.97. The van der Waals surface area contributed by atoms with Gasteiger partial charge in [0.05, 0.1) is 28.4 Å². The van der Waals surface area contributed by atoms with Gasteiger partial charge in [0.15, 0.2) is 0 Å². The first-order valence-corrected chi connectivity index (χ1v) is 11.7. The highest BCUT2D eigenvalue weighted by Crippen LogP contribution is 2.44. The van der Waals surface area contributed by atoms with Crippen LogP contribution in [0.3, 0.4) is 0 Å². The van der Waals surface area contributed by atoms with E-state index in [2.05, 4.69) is 4.90 Å². The van der Waals surface area contributed by atoms with Gasteiger partial charge in [-0.05, 0) is 70.3 Å². The van der Waals surface area contributed by atoms with Crippen molar-refractivity contribution in [1.29, 1.82) is 0 Å². The zero-order valence-corrected chi connectivity index (χ0v) is 19.3. The highest BCUT2D eigenvalue weighted by atomic mass is 16.5. The number of hydrogen-bond donors (Lipinski definition) is 1. The second-order valence-corrected chi connectivity index (χ2v) is 9.74. The zero-order valence-electron chi connectivity index (χ0n) is 19.3. The van der Waals surface area contributed by atoms with Crippen LogP contribution >= 0.6 is 0 Å². The zero-order chi connectivity index (χ0) is 23.5. The predicted octanol–water partition coefficient (Wildman–Crippen LogP) is 2.23. The molecule has 2 fully saturated rings. The van der Waals surface area contributed by atoms with E-state index in [0.717, 1.165) is 49.0 Å². The number of benzene rings is 1. The lowest BCUT2D eigenvalue weighted by molar-refractivity contribution is -0.141. The number of hydrogen-bond acceptors (Lipinski definition) is 7. The Balaban J connectivity index is 1.24. The molecule has 4 aliphatic rings. The monoisotopic (exact) mass is 454 g/mol. The van der Waals surface area contributed by atoms with Crippen molar-refractivity contribution >= 4 is 17.8 Å². The van der Waals surface area contributed by atoms with Crippen LogP contribution in [-0.4, -0.2) is 65.0 Å². The number of aliphatic hydroxyl groups is 1. The summed E-state index contributed by atoms with van der Waals surface area (Å²) in [5, 5.41) is 10.9. The van der Waals surface area contributed by atoms with Gasteiger partial charge < -0.3 is 24.4 Å². The molecule has 0 aromatic heterocycles. The maximum atomic E-state index is 13.4. The first-order valence-electron chi connectivity index (χ1n) is 11.7. The van der Waals surface area contributed by atoms with Crippen molar-refractivity contribution in [2.45, 2.75) is 58.8 Å². The molecule has 0 bridgehead atoms. The smallest absolute Gasteiger partial charge is 0.338 e. The number of carbonyl (C=O) groups excluding carboxylic acids is 3. The summed E-state index contributed by atoms with van der Waals surface area (Å²) in [4.78, 5) is 41.1. The molecule has 2 saturated heterocycles. The number of piperidine rings is 1. The fourth-order valence-electron chi connectivity index (χ4n) is 5.89. The summed E-state index contributed by atoms with van der Waals surface area (Å²) in [5.41, 5.74) is 4.02. The Bertz CT molecular complexity index is 1070. The van der Waals surface area contributed by atoms with Gasteiger partial charge in [-0.2, -0.15) is 0 Å². The Labute approximate surface area is 193 Å². The van der Waals surface area contributed by atoms with Crippen molar-refractivity contribution in [1.82, 2.24) is 9.80 Å². The third kappa shape index (κ3) is 3.47. The number of rotatable bonds is 4. The number of likely N-dealkylation sites (tertiary alicyclic amines) is 2. The van der Waals surface area contributed by atoms with Crippen molar-refractivity contribution < 1.29 is 29.0 Å². The van der Waals surface area contributed by atoms with Gasteiger partial charge in [-0.15, -0.1) is 0 Å². The number of nitrogens with zero attached hydrogens (tertiary/aromatic N) is 2. The lowest BCUT2D eigenvalue weighted by atomic mass is 9.77. The molecule has 0 aliphatic carbocycles. The normalized spacial score (nSPS) is 25.6. The van der Waals surface area contributed by atoms with Crippen molar-refractivity contribution in [2.24, 2.45) is 5.41 Å². The Morgan fingerprint density at radius 3 is 2.45 bits per heavy atom. The van der Waals surface area contributed by atoms with Crippen molar-refractivity contribution in [3.63, 3.8) is 0 Å². The Kier molecular flexibility index (Phi) is 5.33. The van der Waals surface area contributed by atoms with Crippen LogP contribution in [0.15, 0.2) is 23.4 Å². The lowest BCUT2D eigenvalue weighted by Crippen LogP contribution is -2.46. The third-order valence-corrected chi connectivity index (χ3v) is 7.97. The molecule has 1 aromatic rings. The van der Waals surface area contributed by atoms with Crippen LogP contribution in [0.4, 0.5) is 0 Å². The van der Waals surface area contributed by atoms with E-state index in [1.54, 1.807) is 17.9 Å². The molecule has 2 atom stereocenters. The summed E-state index contributed by atoms with van der Waals surface area (Å²) in [6.07, 6.45) is 1.18. The van der Waals surface area contributed by atoms with Gasteiger partial charge in [0.25, 0.3) is 0 Å². The van der Waals surface area contributed by atoms with Crippen molar-refractivity contribution in [3.05, 3.63) is 45.7 Å². The SMILES string of the molecule is CC1=C(N2CCC3(CCN(CC(O)c4ccc5c(c4C)COC5=O)CC3)C2=O)C(C)OC1=O. The summed E-state index contributed by atoms with van der Waals surface area (Å²) in [6, 6.07) is 3.56. The fraction of sp³-hybridized carbons (Fsp3) is 0.560. The number of esters is 2. The standard InChI is InChI=1S/C25H30N2O6/c1-14-17(4-5-18-19(14)13-32-23(18)30)20(28)12-26-9-6-25(7-10-26)8-11-27(24(25)31)21-15(2)22(29)33-16(21)3/h4-5,16,20,28H,6-13H2,1-3H3. The average molecular weight is 455 g/mol. The van der Waals surface area contributed by atoms with Gasteiger partial charge in [-0.25, -0.2) is 9.59 Å². The first-order chi connectivity index (χ1) is 15.7. The molecule has 4 heterocycles. The fourth-order valence-corrected chi connectivity index (χ4v) is 5.89. The topological polar surface area (TPSA) is 96.4 Å². The van der Waals surface area contributed by atoms with E-state index < -0.39 is 11.5 Å². The van der Waals surface area contributed by atoms with Crippen LogP contribution in [0.25, 0.3) is 0 Å². The minimum absolute atomic E-state index is 0.0985. The Morgan fingerprint density at radius 1 is 1.09 bits per heavy atom. The number of ether oxygens (including phenoxy) is 2. The number of fused-ring (bicyclic) bond motifs is 1. The minimum atomic E-state index is -0.675. The van der Waals surface area contributed by atoms with E-state index in [1.807, 2.05) is 19.9 Å². The molecule has 1 N–H and O–H groups in total. The molecular weight excluding hydrogens is 424 g/mol. The summed E-state index contributed by atoms with van der Waals surface area (Å²) in [6.45, 7) is 8.27. The van der Waals surface area contributed by atoms with Crippen LogP contribution in [0.2, 0.25) is 0 Å². The predicted molar refractivity (Wildman–Crippen MR) is 118 cm³/mol. The van der Waals surface area contributed by atoms with Crippen LogP contribution in [0, 0.1) is 12.3 Å². The van der Waals surface area contributed by atoms with Gasteiger partial charge in [0, 0.05) is 18.7 Å². The molecule has 1 amide bonds. The maximum Gasteiger partial charge on any atom is 0.338 e. The second-order valence-electron chi connectivity index (χ2n) is 9.74. The Hall–Kier alpha value is -2.71. The molecule has 1 aromatic carbocycles. The lowest BCUT2D eigenvalue weighted by Gasteiger charge is -2.39.